The molecule has 0 aromatic carbocycles. The monoisotopic (exact) mass is 340 g/mol. The molecule has 0 radical (unpaired) electrons. The first-order chi connectivity index (χ1) is 11.2. The molecule has 2 aliphatic heterocycles. The summed E-state index contributed by atoms with van der Waals surface area (Å²) in [5, 5.41) is 3.06. The number of hydrogen-bond donors (Lipinski definition) is 1. The molecule has 5 nitrogen and oxygen atoms in total. The summed E-state index contributed by atoms with van der Waals surface area (Å²) in [6.07, 6.45) is 3.51. The maximum atomic E-state index is 12.4. The van der Waals surface area contributed by atoms with Crippen LogP contribution in [-0.4, -0.2) is 56.0 Å². The smallest absolute Gasteiger partial charge is 0.230 e. The van der Waals surface area contributed by atoms with Gasteiger partial charge in [0.25, 0.3) is 0 Å². The number of hydrogen-bond acceptors (Lipinski definition) is 4. The molecule has 0 aromatic rings. The molecule has 0 spiro atoms. The zero-order chi connectivity index (χ0) is 17.8. The van der Waals surface area contributed by atoms with Crippen LogP contribution in [-0.2, 0) is 14.3 Å². The summed E-state index contributed by atoms with van der Waals surface area (Å²) in [6, 6.07) is 0. The van der Waals surface area contributed by atoms with E-state index in [1.54, 1.807) is 0 Å². The van der Waals surface area contributed by atoms with Crippen LogP contribution < -0.4 is 5.32 Å². The van der Waals surface area contributed by atoms with Gasteiger partial charge in [-0.2, -0.15) is 0 Å². The van der Waals surface area contributed by atoms with E-state index in [-0.39, 0.29) is 5.91 Å². The van der Waals surface area contributed by atoms with E-state index < -0.39 is 11.2 Å². The predicted molar refractivity (Wildman–Crippen MR) is 95.7 cm³/mol. The quantitative estimate of drug-likeness (QED) is 0.755. The number of likely N-dealkylation sites (tertiary alicyclic amines) is 1. The van der Waals surface area contributed by atoms with Crippen LogP contribution in [0.2, 0.25) is 0 Å². The molecular formula is C19H36N2O3. The van der Waals surface area contributed by atoms with Gasteiger partial charge in [-0.3, -0.25) is 4.79 Å². The zero-order valence-corrected chi connectivity index (χ0v) is 16.2. The number of carbonyl (C=O) groups excluding carboxylic acids is 1. The number of nitrogens with one attached hydrogen (secondary N) is 1. The molecule has 1 amide bonds. The molecule has 24 heavy (non-hydrogen) atoms. The van der Waals surface area contributed by atoms with Gasteiger partial charge in [-0.15, -0.1) is 0 Å². The summed E-state index contributed by atoms with van der Waals surface area (Å²) in [5.41, 5.74) is -0.576. The topological polar surface area (TPSA) is 50.8 Å². The van der Waals surface area contributed by atoms with Gasteiger partial charge >= 0.3 is 0 Å². The van der Waals surface area contributed by atoms with Crippen molar-refractivity contribution in [2.24, 2.45) is 17.3 Å². The van der Waals surface area contributed by atoms with Crippen LogP contribution >= 0.6 is 0 Å². The lowest BCUT2D eigenvalue weighted by Crippen LogP contribution is -2.52. The van der Waals surface area contributed by atoms with Crippen LogP contribution in [0.15, 0.2) is 0 Å². The van der Waals surface area contributed by atoms with E-state index >= 15 is 0 Å². The number of ether oxygens (including phenoxy) is 2. The van der Waals surface area contributed by atoms with Crippen LogP contribution in [0.1, 0.15) is 53.9 Å². The number of amides is 1. The number of carbonyl (C=O) groups is 1. The molecule has 2 fully saturated rings. The molecule has 140 valence electrons. The van der Waals surface area contributed by atoms with Crippen molar-refractivity contribution in [3.63, 3.8) is 0 Å². The standard InChI is InChI=1S/C19H36N2O3/c1-15-10-16(2)12-21(11-15)9-7-6-8-20-17(22)19(5)13-23-18(3,4)24-14-19/h15-16H,6-14H2,1-5H3,(H,20,22)/t15-,16+. The second-order valence-corrected chi connectivity index (χ2v) is 8.71. The summed E-state index contributed by atoms with van der Waals surface area (Å²) in [5.74, 6) is 1.08. The predicted octanol–water partition coefficient (Wildman–Crippen LogP) is 2.65. The summed E-state index contributed by atoms with van der Waals surface area (Å²) in [6.45, 7) is 15.5. The molecule has 5 heteroatoms. The third-order valence-electron chi connectivity index (χ3n) is 5.16. The van der Waals surface area contributed by atoms with Crippen molar-refractivity contribution >= 4 is 5.91 Å². The molecule has 2 aliphatic rings. The van der Waals surface area contributed by atoms with Crippen LogP contribution in [0.5, 0.6) is 0 Å². The molecular weight excluding hydrogens is 304 g/mol. The molecule has 1 N–H and O–H groups in total. The van der Waals surface area contributed by atoms with Gasteiger partial charge < -0.3 is 19.7 Å². The maximum Gasteiger partial charge on any atom is 0.230 e. The van der Waals surface area contributed by atoms with Gasteiger partial charge in [0.1, 0.15) is 0 Å². The van der Waals surface area contributed by atoms with Gasteiger partial charge in [0.15, 0.2) is 5.79 Å². The van der Waals surface area contributed by atoms with Gasteiger partial charge in [0, 0.05) is 19.6 Å². The van der Waals surface area contributed by atoms with E-state index in [4.69, 9.17) is 9.47 Å². The fraction of sp³-hybridized carbons (Fsp3) is 0.947. The molecule has 0 aromatic heterocycles. The Bertz CT molecular complexity index is 405. The Morgan fingerprint density at radius 1 is 1.08 bits per heavy atom. The first-order valence-electron chi connectivity index (χ1n) is 9.49. The Labute approximate surface area is 147 Å². The lowest BCUT2D eigenvalue weighted by molar-refractivity contribution is -0.277. The van der Waals surface area contributed by atoms with Gasteiger partial charge in [-0.1, -0.05) is 13.8 Å². The van der Waals surface area contributed by atoms with Crippen molar-refractivity contribution < 1.29 is 14.3 Å². The first-order valence-corrected chi connectivity index (χ1v) is 9.49. The highest BCUT2D eigenvalue weighted by atomic mass is 16.7. The Hall–Kier alpha value is -0.650. The Morgan fingerprint density at radius 3 is 2.25 bits per heavy atom. The van der Waals surface area contributed by atoms with E-state index in [1.807, 2.05) is 20.8 Å². The summed E-state index contributed by atoms with van der Waals surface area (Å²) in [4.78, 5) is 15.0. The minimum atomic E-state index is -0.581. The first kappa shape index (κ1) is 19.7. The molecule has 0 bridgehead atoms. The molecule has 2 rings (SSSR count). The van der Waals surface area contributed by atoms with Crippen molar-refractivity contribution in [3.8, 4) is 0 Å². The third kappa shape index (κ3) is 5.71. The molecule has 2 saturated heterocycles. The van der Waals surface area contributed by atoms with Crippen LogP contribution in [0, 0.1) is 17.3 Å². The highest BCUT2D eigenvalue weighted by Gasteiger charge is 2.41. The lowest BCUT2D eigenvalue weighted by Gasteiger charge is -2.40. The minimum absolute atomic E-state index is 0.0400. The van der Waals surface area contributed by atoms with Gasteiger partial charge in [0.05, 0.1) is 18.6 Å². The number of nitrogens with zero attached hydrogens (tertiary/aromatic N) is 1. The average Bonchev–Trinajstić information content (AvgIpc) is 2.49. The Kier molecular flexibility index (Phi) is 6.68. The average molecular weight is 341 g/mol. The third-order valence-corrected chi connectivity index (χ3v) is 5.16. The van der Waals surface area contributed by atoms with Crippen LogP contribution in [0.25, 0.3) is 0 Å². The van der Waals surface area contributed by atoms with Crippen molar-refractivity contribution in [2.45, 2.75) is 59.7 Å². The van der Waals surface area contributed by atoms with Crippen molar-refractivity contribution in [3.05, 3.63) is 0 Å². The summed E-state index contributed by atoms with van der Waals surface area (Å²) >= 11 is 0. The Morgan fingerprint density at radius 2 is 1.67 bits per heavy atom. The second kappa shape index (κ2) is 8.15. The Balaban J connectivity index is 1.61. The van der Waals surface area contributed by atoms with E-state index in [2.05, 4.69) is 24.1 Å². The van der Waals surface area contributed by atoms with Gasteiger partial charge in [-0.25, -0.2) is 0 Å². The zero-order valence-electron chi connectivity index (χ0n) is 16.2. The largest absolute Gasteiger partial charge is 0.355 e. The van der Waals surface area contributed by atoms with Gasteiger partial charge in [-0.05, 0) is 58.4 Å². The molecule has 0 saturated carbocycles. The van der Waals surface area contributed by atoms with Crippen molar-refractivity contribution in [2.75, 3.05) is 39.4 Å². The number of piperidine rings is 1. The number of rotatable bonds is 6. The summed E-state index contributed by atoms with van der Waals surface area (Å²) < 4.78 is 11.3. The van der Waals surface area contributed by atoms with E-state index in [9.17, 15) is 4.79 Å². The summed E-state index contributed by atoms with van der Waals surface area (Å²) in [7, 11) is 0. The molecule has 2 atom stereocenters. The van der Waals surface area contributed by atoms with E-state index in [0.29, 0.717) is 13.2 Å². The highest BCUT2D eigenvalue weighted by Crippen LogP contribution is 2.29. The van der Waals surface area contributed by atoms with E-state index in [1.165, 1.54) is 19.5 Å². The maximum absolute atomic E-state index is 12.4. The van der Waals surface area contributed by atoms with Crippen LogP contribution in [0.4, 0.5) is 0 Å². The molecule has 2 heterocycles. The second-order valence-electron chi connectivity index (χ2n) is 8.71. The SMILES string of the molecule is C[C@@H]1C[C@H](C)CN(CCCCNC(=O)C2(C)COC(C)(C)OC2)C1. The molecule has 0 unspecified atom stereocenters. The van der Waals surface area contributed by atoms with Crippen molar-refractivity contribution in [1.29, 1.82) is 0 Å². The highest BCUT2D eigenvalue weighted by molar-refractivity contribution is 5.82. The van der Waals surface area contributed by atoms with Crippen molar-refractivity contribution in [1.82, 2.24) is 10.2 Å². The minimum Gasteiger partial charge on any atom is -0.355 e. The fourth-order valence-corrected chi connectivity index (χ4v) is 3.73. The van der Waals surface area contributed by atoms with Crippen LogP contribution in [0.3, 0.4) is 0 Å². The number of unbranched alkanes of at least 4 members (excludes halogenated alkanes) is 1. The lowest BCUT2D eigenvalue weighted by atomic mass is 9.90. The normalized spacial score (nSPS) is 30.0. The van der Waals surface area contributed by atoms with E-state index in [0.717, 1.165) is 37.8 Å². The molecule has 0 aliphatic carbocycles. The fourth-order valence-electron chi connectivity index (χ4n) is 3.73. The van der Waals surface area contributed by atoms with Gasteiger partial charge in [0.2, 0.25) is 5.91 Å².